The topological polar surface area (TPSA) is 3.24 Å². The maximum absolute atomic E-state index is 2.26. The first kappa shape index (κ1) is 14.2. The molecule has 0 bridgehead atoms. The zero-order valence-electron chi connectivity index (χ0n) is 10.8. The molecular formula is C14H25N. The van der Waals surface area contributed by atoms with Gasteiger partial charge in [-0.05, 0) is 26.1 Å². The second-order valence-corrected chi connectivity index (χ2v) is 4.01. The first-order valence-corrected chi connectivity index (χ1v) is 5.88. The molecule has 0 aliphatic rings. The van der Waals surface area contributed by atoms with Gasteiger partial charge in [-0.3, -0.25) is 0 Å². The van der Waals surface area contributed by atoms with Crippen LogP contribution in [0, 0.1) is 0 Å². The van der Waals surface area contributed by atoms with Crippen molar-refractivity contribution in [2.24, 2.45) is 0 Å². The second-order valence-electron chi connectivity index (χ2n) is 4.01. The molecule has 1 atom stereocenters. The molecule has 0 aliphatic heterocycles. The lowest BCUT2D eigenvalue weighted by Gasteiger charge is -2.22. The molecule has 1 unspecified atom stereocenters. The molecule has 0 fully saturated rings. The fourth-order valence-electron chi connectivity index (χ4n) is 1.57. The van der Waals surface area contributed by atoms with Crippen molar-refractivity contribution in [2.45, 2.75) is 39.7 Å². The fourth-order valence-corrected chi connectivity index (χ4v) is 1.57. The van der Waals surface area contributed by atoms with Gasteiger partial charge in [-0.15, -0.1) is 0 Å². The van der Waals surface area contributed by atoms with Crippen molar-refractivity contribution in [3.8, 4) is 0 Å². The highest BCUT2D eigenvalue weighted by Crippen LogP contribution is 2.20. The first-order valence-electron chi connectivity index (χ1n) is 5.88. The minimum atomic E-state index is 0.561. The highest BCUT2D eigenvalue weighted by Gasteiger charge is 2.09. The van der Waals surface area contributed by atoms with Crippen LogP contribution >= 0.6 is 0 Å². The Morgan fingerprint density at radius 3 is 1.80 bits per heavy atom. The van der Waals surface area contributed by atoms with Crippen LogP contribution in [0.5, 0.6) is 0 Å². The van der Waals surface area contributed by atoms with E-state index in [-0.39, 0.29) is 0 Å². The summed E-state index contributed by atoms with van der Waals surface area (Å²) in [6.07, 6.45) is 2.41. The van der Waals surface area contributed by atoms with Gasteiger partial charge in [-0.25, -0.2) is 0 Å². The normalized spacial score (nSPS) is 11.9. The van der Waals surface area contributed by atoms with E-state index < -0.39 is 0 Å². The Hall–Kier alpha value is -0.820. The van der Waals surface area contributed by atoms with Gasteiger partial charge in [0.25, 0.3) is 0 Å². The molecule has 0 aliphatic carbocycles. The molecule has 0 saturated carbocycles. The van der Waals surface area contributed by atoms with E-state index in [1.165, 1.54) is 12.0 Å². The standard InChI is InChI=1S/C11H17N.C3H8/c1-4-11(12(2)3)10-8-6-5-7-9-10;1-3-2/h5-9,11H,4H2,1-3H3;3H2,1-2H3. The third-order valence-electron chi connectivity index (χ3n) is 2.19. The molecule has 0 heterocycles. The molecule has 0 amide bonds. The van der Waals surface area contributed by atoms with Crippen molar-refractivity contribution in [3.05, 3.63) is 35.9 Å². The van der Waals surface area contributed by atoms with E-state index in [0.717, 1.165) is 6.42 Å². The molecule has 0 N–H and O–H groups in total. The molecular weight excluding hydrogens is 182 g/mol. The summed E-state index contributed by atoms with van der Waals surface area (Å²) in [6, 6.07) is 11.2. The summed E-state index contributed by atoms with van der Waals surface area (Å²) in [4.78, 5) is 2.26. The van der Waals surface area contributed by atoms with Crippen molar-refractivity contribution in [1.82, 2.24) is 4.90 Å². The van der Waals surface area contributed by atoms with Crippen molar-refractivity contribution >= 4 is 0 Å². The molecule has 1 aromatic rings. The summed E-state index contributed by atoms with van der Waals surface area (Å²) in [6.45, 7) is 6.47. The minimum Gasteiger partial charge on any atom is -0.302 e. The number of hydrogen-bond acceptors (Lipinski definition) is 1. The molecule has 1 rings (SSSR count). The van der Waals surface area contributed by atoms with E-state index in [0.29, 0.717) is 6.04 Å². The van der Waals surface area contributed by atoms with Gasteiger partial charge in [0.05, 0.1) is 0 Å². The van der Waals surface area contributed by atoms with Gasteiger partial charge < -0.3 is 4.90 Å². The molecule has 0 aromatic heterocycles. The van der Waals surface area contributed by atoms with E-state index >= 15 is 0 Å². The second kappa shape index (κ2) is 8.49. The predicted octanol–water partition coefficient (Wildman–Crippen LogP) is 4.12. The van der Waals surface area contributed by atoms with Crippen LogP contribution in [-0.2, 0) is 0 Å². The van der Waals surface area contributed by atoms with Crippen molar-refractivity contribution < 1.29 is 0 Å². The summed E-state index contributed by atoms with van der Waals surface area (Å²) in [5.41, 5.74) is 1.41. The van der Waals surface area contributed by atoms with Crippen LogP contribution in [0.4, 0.5) is 0 Å². The van der Waals surface area contributed by atoms with Crippen LogP contribution in [0.3, 0.4) is 0 Å². The van der Waals surface area contributed by atoms with Gasteiger partial charge in [-0.2, -0.15) is 0 Å². The Morgan fingerprint density at radius 2 is 1.47 bits per heavy atom. The van der Waals surface area contributed by atoms with Gasteiger partial charge in [0.15, 0.2) is 0 Å². The third-order valence-corrected chi connectivity index (χ3v) is 2.19. The molecule has 86 valence electrons. The van der Waals surface area contributed by atoms with Crippen LogP contribution in [0.25, 0.3) is 0 Å². The lowest BCUT2D eigenvalue weighted by Crippen LogP contribution is -2.18. The Kier molecular flexibility index (Phi) is 8.02. The molecule has 0 spiro atoms. The van der Waals surface area contributed by atoms with E-state index in [9.17, 15) is 0 Å². The zero-order valence-corrected chi connectivity index (χ0v) is 10.8. The van der Waals surface area contributed by atoms with Crippen LogP contribution in [-0.4, -0.2) is 19.0 Å². The Labute approximate surface area is 95.1 Å². The van der Waals surface area contributed by atoms with Crippen molar-refractivity contribution in [3.63, 3.8) is 0 Å². The predicted molar refractivity (Wildman–Crippen MR) is 69.1 cm³/mol. The van der Waals surface area contributed by atoms with Gasteiger partial charge in [-0.1, -0.05) is 57.5 Å². The molecule has 0 saturated heterocycles. The highest BCUT2D eigenvalue weighted by atomic mass is 15.1. The van der Waals surface area contributed by atoms with Crippen molar-refractivity contribution in [1.29, 1.82) is 0 Å². The van der Waals surface area contributed by atoms with Gasteiger partial charge in [0.2, 0.25) is 0 Å². The highest BCUT2D eigenvalue weighted by molar-refractivity contribution is 5.18. The quantitative estimate of drug-likeness (QED) is 0.721. The Bertz CT molecular complexity index is 228. The SMILES string of the molecule is CCC.CCC(c1ccccc1)N(C)C. The average molecular weight is 207 g/mol. The Balaban J connectivity index is 0.000000583. The molecule has 1 nitrogen and oxygen atoms in total. The Morgan fingerprint density at radius 1 is 1.00 bits per heavy atom. The summed E-state index contributed by atoms with van der Waals surface area (Å²) < 4.78 is 0. The summed E-state index contributed by atoms with van der Waals surface area (Å²) in [5, 5.41) is 0. The number of hydrogen-bond donors (Lipinski definition) is 0. The molecule has 15 heavy (non-hydrogen) atoms. The number of benzene rings is 1. The van der Waals surface area contributed by atoms with E-state index in [4.69, 9.17) is 0 Å². The van der Waals surface area contributed by atoms with E-state index in [1.54, 1.807) is 0 Å². The van der Waals surface area contributed by atoms with Crippen LogP contribution in [0.15, 0.2) is 30.3 Å². The fraction of sp³-hybridized carbons (Fsp3) is 0.571. The first-order chi connectivity index (χ1) is 7.17. The minimum absolute atomic E-state index is 0.561. The maximum Gasteiger partial charge on any atom is 0.0339 e. The number of rotatable bonds is 3. The lowest BCUT2D eigenvalue weighted by molar-refractivity contribution is 0.292. The monoisotopic (exact) mass is 207 g/mol. The van der Waals surface area contributed by atoms with Gasteiger partial charge in [0, 0.05) is 6.04 Å². The third kappa shape index (κ3) is 5.58. The largest absolute Gasteiger partial charge is 0.302 e. The van der Waals surface area contributed by atoms with Crippen LogP contribution in [0.1, 0.15) is 45.2 Å². The smallest absolute Gasteiger partial charge is 0.0339 e. The van der Waals surface area contributed by atoms with Crippen molar-refractivity contribution in [2.75, 3.05) is 14.1 Å². The zero-order chi connectivity index (χ0) is 11.7. The van der Waals surface area contributed by atoms with Gasteiger partial charge >= 0.3 is 0 Å². The molecule has 1 heteroatoms. The molecule has 0 radical (unpaired) electrons. The van der Waals surface area contributed by atoms with E-state index in [2.05, 4.69) is 70.1 Å². The number of nitrogens with zero attached hydrogens (tertiary/aromatic N) is 1. The van der Waals surface area contributed by atoms with Crippen LogP contribution < -0.4 is 0 Å². The molecule has 1 aromatic carbocycles. The summed E-state index contributed by atoms with van der Waals surface area (Å²) >= 11 is 0. The van der Waals surface area contributed by atoms with E-state index in [1.807, 2.05) is 0 Å². The summed E-state index contributed by atoms with van der Waals surface area (Å²) in [5.74, 6) is 0. The van der Waals surface area contributed by atoms with Crippen LogP contribution in [0.2, 0.25) is 0 Å². The lowest BCUT2D eigenvalue weighted by atomic mass is 10.0. The van der Waals surface area contributed by atoms with Gasteiger partial charge in [0.1, 0.15) is 0 Å². The average Bonchev–Trinajstić information content (AvgIpc) is 2.21. The maximum atomic E-state index is 2.26. The summed E-state index contributed by atoms with van der Waals surface area (Å²) in [7, 11) is 4.25.